The first-order valence-corrected chi connectivity index (χ1v) is 19.8. The van der Waals surface area contributed by atoms with E-state index in [1.165, 1.54) is 93.8 Å². The van der Waals surface area contributed by atoms with Crippen LogP contribution < -0.4 is 4.90 Å². The van der Waals surface area contributed by atoms with Gasteiger partial charge in [0.2, 0.25) is 0 Å². The van der Waals surface area contributed by atoms with Gasteiger partial charge < -0.3 is 4.90 Å². The molecule has 0 amide bonds. The van der Waals surface area contributed by atoms with Gasteiger partial charge in [-0.05, 0) is 101 Å². The highest BCUT2D eigenvalue weighted by Gasteiger charge is 2.60. The molecule has 0 aromatic heterocycles. The highest BCUT2D eigenvalue weighted by atomic mass is 15.2. The zero-order valence-electron chi connectivity index (χ0n) is 30.8. The summed E-state index contributed by atoms with van der Waals surface area (Å²) in [6.07, 6.45) is 0. The minimum absolute atomic E-state index is 0.128. The number of benzene rings is 10. The lowest BCUT2D eigenvalue weighted by Gasteiger charge is -2.38. The molecule has 2 aliphatic rings. The number of rotatable bonds is 5. The molecule has 2 atom stereocenters. The van der Waals surface area contributed by atoms with Crippen LogP contribution in [-0.2, 0) is 5.41 Å². The maximum Gasteiger partial charge on any atom is 0.0679 e. The second kappa shape index (κ2) is 12.0. The molecular formula is C55H37N. The summed E-state index contributed by atoms with van der Waals surface area (Å²) in [6.45, 7) is 0. The highest BCUT2D eigenvalue weighted by Crippen LogP contribution is 2.68. The molecule has 12 rings (SSSR count). The molecule has 0 saturated heterocycles. The standard InChI is InChI=1S/C55H37N/c1-4-14-36(15-5-1)43-32-26-38-29-35-46-44(33-27-39-28-34-45(43)51(38)52(39)46)37-24-30-42(31-25-37)56-50-23-13-11-21-48(50)53-54(56)47-20-10-12-22-49(47)55(53,40-16-6-2-7-17-40)41-18-8-3-9-19-41/h1-35,53-54H. The maximum absolute atomic E-state index is 2.63. The van der Waals surface area contributed by atoms with Crippen molar-refractivity contribution in [1.29, 1.82) is 0 Å². The van der Waals surface area contributed by atoms with Crippen molar-refractivity contribution in [3.05, 3.63) is 240 Å². The van der Waals surface area contributed by atoms with Crippen molar-refractivity contribution >= 4 is 43.7 Å². The van der Waals surface area contributed by atoms with E-state index in [0.29, 0.717) is 0 Å². The van der Waals surface area contributed by atoms with Crippen LogP contribution in [0.5, 0.6) is 0 Å². The molecular weight excluding hydrogens is 675 g/mol. The van der Waals surface area contributed by atoms with Crippen LogP contribution in [0.2, 0.25) is 0 Å². The number of anilines is 2. The third kappa shape index (κ3) is 4.26. The van der Waals surface area contributed by atoms with E-state index >= 15 is 0 Å². The Balaban J connectivity index is 1.02. The quantitative estimate of drug-likeness (QED) is 0.161. The van der Waals surface area contributed by atoms with E-state index in [9.17, 15) is 0 Å². The van der Waals surface area contributed by atoms with Gasteiger partial charge in [-0.2, -0.15) is 0 Å². The van der Waals surface area contributed by atoms with Crippen molar-refractivity contribution in [2.24, 2.45) is 0 Å². The molecule has 1 heteroatoms. The minimum Gasteiger partial charge on any atom is -0.333 e. The van der Waals surface area contributed by atoms with E-state index in [0.717, 1.165) is 0 Å². The average molecular weight is 712 g/mol. The molecule has 56 heavy (non-hydrogen) atoms. The monoisotopic (exact) mass is 711 g/mol. The van der Waals surface area contributed by atoms with Gasteiger partial charge in [-0.25, -0.2) is 0 Å². The van der Waals surface area contributed by atoms with Gasteiger partial charge in [0.25, 0.3) is 0 Å². The summed E-state index contributed by atoms with van der Waals surface area (Å²) in [7, 11) is 0. The second-order valence-corrected chi connectivity index (χ2v) is 15.5. The van der Waals surface area contributed by atoms with Crippen molar-refractivity contribution in [2.45, 2.75) is 17.4 Å². The topological polar surface area (TPSA) is 3.24 Å². The minimum atomic E-state index is -0.351. The Bertz CT molecular complexity index is 3040. The predicted molar refractivity (Wildman–Crippen MR) is 234 cm³/mol. The molecule has 1 nitrogen and oxygen atoms in total. The summed E-state index contributed by atoms with van der Waals surface area (Å²) in [4.78, 5) is 2.63. The maximum atomic E-state index is 2.63. The van der Waals surface area contributed by atoms with Crippen molar-refractivity contribution in [1.82, 2.24) is 0 Å². The van der Waals surface area contributed by atoms with Gasteiger partial charge in [0.05, 0.1) is 11.5 Å². The molecule has 0 radical (unpaired) electrons. The van der Waals surface area contributed by atoms with Crippen molar-refractivity contribution in [2.75, 3.05) is 4.90 Å². The third-order valence-corrected chi connectivity index (χ3v) is 13.0. The van der Waals surface area contributed by atoms with Gasteiger partial charge >= 0.3 is 0 Å². The fourth-order valence-electron chi connectivity index (χ4n) is 10.8. The van der Waals surface area contributed by atoms with Crippen LogP contribution in [0, 0.1) is 0 Å². The highest BCUT2D eigenvalue weighted by molar-refractivity contribution is 6.27. The molecule has 10 aromatic carbocycles. The third-order valence-electron chi connectivity index (χ3n) is 13.0. The molecule has 0 saturated carbocycles. The summed E-state index contributed by atoms with van der Waals surface area (Å²) in [5, 5.41) is 7.86. The largest absolute Gasteiger partial charge is 0.333 e. The van der Waals surface area contributed by atoms with Gasteiger partial charge in [0.15, 0.2) is 0 Å². The van der Waals surface area contributed by atoms with Crippen LogP contribution in [0.4, 0.5) is 11.4 Å². The zero-order valence-corrected chi connectivity index (χ0v) is 30.8. The number of para-hydroxylation sites is 1. The molecule has 10 aromatic rings. The van der Waals surface area contributed by atoms with Crippen molar-refractivity contribution < 1.29 is 0 Å². The summed E-state index contributed by atoms with van der Waals surface area (Å²) in [6, 6.07) is 79.5. The Hall–Kier alpha value is -6.96. The second-order valence-electron chi connectivity index (χ2n) is 15.5. The van der Waals surface area contributed by atoms with Gasteiger partial charge in [-0.3, -0.25) is 0 Å². The van der Waals surface area contributed by atoms with Crippen LogP contribution in [0.1, 0.15) is 39.8 Å². The Labute approximate surface area is 327 Å². The number of fused-ring (bicyclic) bond motifs is 5. The molecule has 2 unspecified atom stereocenters. The Morgan fingerprint density at radius 1 is 0.375 bits per heavy atom. The lowest BCUT2D eigenvalue weighted by Crippen LogP contribution is -2.34. The number of hydrogen-bond donors (Lipinski definition) is 0. The van der Waals surface area contributed by atoms with E-state index in [2.05, 4.69) is 217 Å². The molecule has 0 fully saturated rings. The lowest BCUT2D eigenvalue weighted by atomic mass is 9.63. The van der Waals surface area contributed by atoms with E-state index < -0.39 is 0 Å². The Morgan fingerprint density at radius 2 is 0.857 bits per heavy atom. The van der Waals surface area contributed by atoms with Crippen LogP contribution >= 0.6 is 0 Å². The average Bonchev–Trinajstić information content (AvgIpc) is 3.78. The molecule has 1 aliphatic heterocycles. The van der Waals surface area contributed by atoms with E-state index in [1.807, 2.05) is 0 Å². The zero-order chi connectivity index (χ0) is 36.8. The Kier molecular flexibility index (Phi) is 6.74. The fourth-order valence-corrected chi connectivity index (χ4v) is 10.8. The van der Waals surface area contributed by atoms with Gasteiger partial charge in [0, 0.05) is 17.3 Å². The van der Waals surface area contributed by atoms with E-state index in [-0.39, 0.29) is 17.4 Å². The molecule has 1 heterocycles. The first kappa shape index (κ1) is 31.4. The SMILES string of the molecule is c1ccc(-c2ccc3ccc4c(-c5ccc(N6c7ccccc7C7C6c6ccccc6C7(c6ccccc6)c6ccccc6)cc5)ccc5ccc2c3c54)cc1. The lowest BCUT2D eigenvalue weighted by molar-refractivity contribution is 0.482. The number of nitrogens with zero attached hydrogens (tertiary/aromatic N) is 1. The normalized spacial score (nSPS) is 16.7. The predicted octanol–water partition coefficient (Wildman–Crippen LogP) is 14.2. The molecule has 0 bridgehead atoms. The van der Waals surface area contributed by atoms with Crippen LogP contribution in [0.15, 0.2) is 212 Å². The van der Waals surface area contributed by atoms with Crippen LogP contribution in [0.3, 0.4) is 0 Å². The molecule has 1 aliphatic carbocycles. The van der Waals surface area contributed by atoms with E-state index in [1.54, 1.807) is 0 Å². The smallest absolute Gasteiger partial charge is 0.0679 e. The van der Waals surface area contributed by atoms with Crippen LogP contribution in [0.25, 0.3) is 54.6 Å². The van der Waals surface area contributed by atoms with E-state index in [4.69, 9.17) is 0 Å². The summed E-state index contributed by atoms with van der Waals surface area (Å²) >= 11 is 0. The summed E-state index contributed by atoms with van der Waals surface area (Å²) in [5.74, 6) is 0.180. The molecule has 0 spiro atoms. The summed E-state index contributed by atoms with van der Waals surface area (Å²) < 4.78 is 0. The first-order valence-electron chi connectivity index (χ1n) is 19.8. The van der Waals surface area contributed by atoms with Gasteiger partial charge in [0.1, 0.15) is 0 Å². The van der Waals surface area contributed by atoms with Crippen molar-refractivity contribution in [3.8, 4) is 22.3 Å². The van der Waals surface area contributed by atoms with Gasteiger partial charge in [-0.1, -0.05) is 194 Å². The number of hydrogen-bond acceptors (Lipinski definition) is 1. The summed E-state index contributed by atoms with van der Waals surface area (Å²) in [5.41, 5.74) is 14.0. The molecule has 262 valence electrons. The van der Waals surface area contributed by atoms with Crippen molar-refractivity contribution in [3.63, 3.8) is 0 Å². The fraction of sp³-hybridized carbons (Fsp3) is 0.0545. The molecule has 0 N–H and O–H groups in total. The first-order chi connectivity index (χ1) is 27.8. The van der Waals surface area contributed by atoms with Crippen LogP contribution in [-0.4, -0.2) is 0 Å². The van der Waals surface area contributed by atoms with Gasteiger partial charge in [-0.15, -0.1) is 0 Å². The Morgan fingerprint density at radius 3 is 1.46 bits per heavy atom.